The third kappa shape index (κ3) is 4.11. The highest BCUT2D eigenvalue weighted by Gasteiger charge is 2.51. The number of hydrogen-bond acceptors (Lipinski definition) is 6. The van der Waals surface area contributed by atoms with E-state index in [1.54, 1.807) is 18.3 Å². The van der Waals surface area contributed by atoms with Crippen molar-refractivity contribution < 1.29 is 9.18 Å². The highest BCUT2D eigenvalue weighted by Crippen LogP contribution is 2.50. The third-order valence-electron chi connectivity index (χ3n) is 7.23. The van der Waals surface area contributed by atoms with Gasteiger partial charge in [-0.25, -0.2) is 9.37 Å². The van der Waals surface area contributed by atoms with Gasteiger partial charge in [-0.15, -0.1) is 0 Å². The minimum atomic E-state index is -1.13. The molecule has 1 aliphatic carbocycles. The van der Waals surface area contributed by atoms with Gasteiger partial charge in [0.2, 0.25) is 5.91 Å². The number of likely N-dealkylation sites (tertiary alicyclic amines) is 1. The van der Waals surface area contributed by atoms with Crippen LogP contribution >= 0.6 is 0 Å². The molecule has 2 heterocycles. The van der Waals surface area contributed by atoms with E-state index in [2.05, 4.69) is 42.5 Å². The molecule has 0 radical (unpaired) electrons. The molecule has 0 spiro atoms. The molecule has 1 aromatic heterocycles. The molecule has 1 aromatic rings. The minimum Gasteiger partial charge on any atom is -0.369 e. The predicted octanol–water partition coefficient (Wildman–Crippen LogP) is 2.61. The Bertz CT molecular complexity index is 875. The fourth-order valence-corrected chi connectivity index (χ4v) is 4.68. The van der Waals surface area contributed by atoms with E-state index in [9.17, 15) is 19.7 Å². The van der Waals surface area contributed by atoms with Crippen LogP contribution < -0.4 is 10.6 Å². The summed E-state index contributed by atoms with van der Waals surface area (Å²) in [6.07, 6.45) is 2.48. The molecule has 1 saturated carbocycles. The van der Waals surface area contributed by atoms with Gasteiger partial charge in [0.15, 0.2) is 0 Å². The Kier molecular flexibility index (Phi) is 6.28. The van der Waals surface area contributed by atoms with Gasteiger partial charge in [0, 0.05) is 24.7 Å². The number of hydrogen-bond donors (Lipinski definition) is 2. The molecule has 7 nitrogen and oxygen atoms in total. The topological polar surface area (TPSA) is 105 Å². The highest BCUT2D eigenvalue weighted by molar-refractivity contribution is 5.79. The van der Waals surface area contributed by atoms with Gasteiger partial charge in [0.05, 0.1) is 24.7 Å². The number of anilines is 1. The van der Waals surface area contributed by atoms with Gasteiger partial charge >= 0.3 is 0 Å². The fourth-order valence-electron chi connectivity index (χ4n) is 4.68. The third-order valence-corrected chi connectivity index (χ3v) is 7.23. The first-order chi connectivity index (χ1) is 14.2. The summed E-state index contributed by atoms with van der Waals surface area (Å²) >= 11 is 0. The standard InChI is InChI=1S/C22H29FN6O/c1-21(2)16(12-27-20-15(10-24)5-4-8-26-20)6-7-22(21,3)28-13-19(30)29-14-17(23)9-18(29)11-25/h4-5,8,16-18,28H,6-7,9,12-14H2,1-3H3,(H,26,27)/t16-,17+,18+,22-/m1/s1. The van der Waals surface area contributed by atoms with E-state index in [0.29, 0.717) is 23.8 Å². The smallest absolute Gasteiger partial charge is 0.237 e. The number of alkyl halides is 1. The molecule has 1 saturated heterocycles. The van der Waals surface area contributed by atoms with Gasteiger partial charge in [-0.2, -0.15) is 10.5 Å². The van der Waals surface area contributed by atoms with Crippen molar-refractivity contribution in [2.45, 2.75) is 57.8 Å². The van der Waals surface area contributed by atoms with Crippen LogP contribution in [0, 0.1) is 34.0 Å². The summed E-state index contributed by atoms with van der Waals surface area (Å²) in [5, 5.41) is 25.1. The molecule has 0 aromatic carbocycles. The van der Waals surface area contributed by atoms with Crippen LogP contribution in [0.15, 0.2) is 18.3 Å². The van der Waals surface area contributed by atoms with Crippen LogP contribution in [0.1, 0.15) is 45.6 Å². The zero-order chi connectivity index (χ0) is 21.9. The Morgan fingerprint density at radius 1 is 1.40 bits per heavy atom. The fraction of sp³-hybridized carbons (Fsp3) is 0.636. The summed E-state index contributed by atoms with van der Waals surface area (Å²) in [6, 6.07) is 6.98. The quantitative estimate of drug-likeness (QED) is 0.744. The zero-order valence-corrected chi connectivity index (χ0v) is 17.8. The maximum absolute atomic E-state index is 13.6. The van der Waals surface area contributed by atoms with Crippen molar-refractivity contribution in [1.29, 1.82) is 10.5 Å². The molecule has 0 bridgehead atoms. The van der Waals surface area contributed by atoms with Gasteiger partial charge < -0.3 is 15.5 Å². The first kappa shape index (κ1) is 22.0. The molecule has 30 heavy (non-hydrogen) atoms. The van der Waals surface area contributed by atoms with Crippen LogP contribution in [0.25, 0.3) is 0 Å². The van der Waals surface area contributed by atoms with E-state index in [4.69, 9.17) is 0 Å². The number of nitrogens with zero attached hydrogens (tertiary/aromatic N) is 4. The summed E-state index contributed by atoms with van der Waals surface area (Å²) < 4.78 is 13.6. The largest absolute Gasteiger partial charge is 0.369 e. The molecule has 1 aliphatic heterocycles. The molecule has 160 valence electrons. The number of carbonyl (C=O) groups is 1. The molecule has 0 unspecified atom stereocenters. The van der Waals surface area contributed by atoms with Crippen LogP contribution in [0.4, 0.5) is 10.2 Å². The predicted molar refractivity (Wildman–Crippen MR) is 111 cm³/mol. The molecular formula is C22H29FN6O. The average Bonchev–Trinajstić information content (AvgIpc) is 3.22. The molecule has 2 N–H and O–H groups in total. The van der Waals surface area contributed by atoms with Crippen molar-refractivity contribution in [3.63, 3.8) is 0 Å². The van der Waals surface area contributed by atoms with Crippen molar-refractivity contribution in [2.75, 3.05) is 25.0 Å². The van der Waals surface area contributed by atoms with E-state index in [0.717, 1.165) is 12.8 Å². The Morgan fingerprint density at radius 2 is 2.17 bits per heavy atom. The zero-order valence-electron chi connectivity index (χ0n) is 17.8. The maximum Gasteiger partial charge on any atom is 0.237 e. The Balaban J connectivity index is 1.60. The number of nitrogens with one attached hydrogen (secondary N) is 2. The van der Waals surface area contributed by atoms with Crippen molar-refractivity contribution >= 4 is 11.7 Å². The average molecular weight is 413 g/mol. The normalized spacial score (nSPS) is 29.9. The second-order valence-electron chi connectivity index (χ2n) is 9.06. The van der Waals surface area contributed by atoms with E-state index >= 15 is 0 Å². The second kappa shape index (κ2) is 8.57. The first-order valence-electron chi connectivity index (χ1n) is 10.4. The van der Waals surface area contributed by atoms with Crippen LogP contribution in [0.2, 0.25) is 0 Å². The Hall–Kier alpha value is -2.71. The second-order valence-corrected chi connectivity index (χ2v) is 9.06. The van der Waals surface area contributed by atoms with Crippen LogP contribution in [-0.2, 0) is 4.79 Å². The molecular weight excluding hydrogens is 383 g/mol. The summed E-state index contributed by atoms with van der Waals surface area (Å²) in [6.45, 7) is 7.24. The molecule has 4 atom stereocenters. The van der Waals surface area contributed by atoms with E-state index in [1.165, 1.54) is 4.90 Å². The van der Waals surface area contributed by atoms with Gasteiger partial charge in [0.1, 0.15) is 24.1 Å². The van der Waals surface area contributed by atoms with E-state index < -0.39 is 12.2 Å². The molecule has 8 heteroatoms. The molecule has 2 fully saturated rings. The number of rotatable bonds is 6. The highest BCUT2D eigenvalue weighted by atomic mass is 19.1. The lowest BCUT2D eigenvalue weighted by atomic mass is 9.71. The Labute approximate surface area is 177 Å². The van der Waals surface area contributed by atoms with Crippen LogP contribution in [0.5, 0.6) is 0 Å². The lowest BCUT2D eigenvalue weighted by Crippen LogP contribution is -2.55. The van der Waals surface area contributed by atoms with Gasteiger partial charge in [0.25, 0.3) is 0 Å². The number of carbonyl (C=O) groups excluding carboxylic acids is 1. The molecule has 2 aliphatic rings. The number of pyridine rings is 1. The summed E-state index contributed by atoms with van der Waals surface area (Å²) in [7, 11) is 0. The first-order valence-corrected chi connectivity index (χ1v) is 10.4. The van der Waals surface area contributed by atoms with Crippen molar-refractivity contribution in [3.8, 4) is 12.1 Å². The van der Waals surface area contributed by atoms with Crippen LogP contribution in [-0.4, -0.2) is 53.2 Å². The SMILES string of the molecule is CC1(C)[C@@H](CNc2ncccc2C#N)CC[C@@]1(C)NCC(=O)N1C[C@@H](F)C[C@H]1C#N. The minimum absolute atomic E-state index is 0.00328. The van der Waals surface area contributed by atoms with Crippen molar-refractivity contribution in [2.24, 2.45) is 11.3 Å². The monoisotopic (exact) mass is 412 g/mol. The summed E-state index contributed by atoms with van der Waals surface area (Å²) in [5.74, 6) is 0.671. The lowest BCUT2D eigenvalue weighted by Gasteiger charge is -2.43. The maximum atomic E-state index is 13.6. The number of halogens is 1. The van der Waals surface area contributed by atoms with Gasteiger partial charge in [-0.05, 0) is 43.2 Å². The van der Waals surface area contributed by atoms with Crippen LogP contribution in [0.3, 0.4) is 0 Å². The Morgan fingerprint density at radius 3 is 2.87 bits per heavy atom. The lowest BCUT2D eigenvalue weighted by molar-refractivity contribution is -0.131. The summed E-state index contributed by atoms with van der Waals surface area (Å²) in [5.41, 5.74) is 0.0989. The van der Waals surface area contributed by atoms with Gasteiger partial charge in [-0.1, -0.05) is 13.8 Å². The number of amides is 1. The molecule has 3 rings (SSSR count). The van der Waals surface area contributed by atoms with E-state index in [1.807, 2.05) is 6.07 Å². The van der Waals surface area contributed by atoms with Crippen molar-refractivity contribution in [3.05, 3.63) is 23.9 Å². The van der Waals surface area contributed by atoms with Gasteiger partial charge in [-0.3, -0.25) is 4.79 Å². The molecule has 1 amide bonds. The number of aromatic nitrogens is 1. The summed E-state index contributed by atoms with van der Waals surface area (Å²) in [4.78, 5) is 18.2. The van der Waals surface area contributed by atoms with Crippen molar-refractivity contribution in [1.82, 2.24) is 15.2 Å². The van der Waals surface area contributed by atoms with E-state index in [-0.39, 0.29) is 36.4 Å². The number of nitriles is 2.